The maximum absolute atomic E-state index is 13.1. The molecule has 0 saturated heterocycles. The van der Waals surface area contributed by atoms with E-state index in [1.165, 1.54) is 18.2 Å². The molecule has 1 aromatic carbocycles. The molecule has 1 N–H and O–H groups in total. The number of hydrogen-bond acceptors (Lipinski definition) is 3. The second kappa shape index (κ2) is 7.25. The normalized spacial score (nSPS) is 12.5. The van der Waals surface area contributed by atoms with Crippen LogP contribution in [0, 0.1) is 5.82 Å². The van der Waals surface area contributed by atoms with Gasteiger partial charge in [-0.1, -0.05) is 0 Å². The van der Waals surface area contributed by atoms with Crippen molar-refractivity contribution >= 4 is 0 Å². The Bertz CT molecular complexity index is 339. The number of hydrogen-bond donors (Lipinski definition) is 1. The lowest BCUT2D eigenvalue weighted by Crippen LogP contribution is -2.05. The van der Waals surface area contributed by atoms with Crippen LogP contribution in [-0.4, -0.2) is 24.9 Å². The van der Waals surface area contributed by atoms with Gasteiger partial charge in [-0.25, -0.2) is 4.39 Å². The lowest BCUT2D eigenvalue weighted by atomic mass is 10.1. The minimum atomic E-state index is -0.669. The van der Waals surface area contributed by atoms with Crippen LogP contribution in [0.4, 0.5) is 4.39 Å². The maximum Gasteiger partial charge on any atom is 0.127 e. The highest BCUT2D eigenvalue weighted by molar-refractivity contribution is 5.35. The Balaban J connectivity index is 2.53. The van der Waals surface area contributed by atoms with Crippen LogP contribution in [0.25, 0.3) is 0 Å². The smallest absolute Gasteiger partial charge is 0.127 e. The molecule has 0 radical (unpaired) electrons. The fourth-order valence-electron chi connectivity index (χ4n) is 1.47. The van der Waals surface area contributed by atoms with E-state index in [1.807, 2.05) is 6.92 Å². The highest BCUT2D eigenvalue weighted by Gasteiger charge is 2.10. The molecule has 1 atom stereocenters. The van der Waals surface area contributed by atoms with Crippen LogP contribution < -0.4 is 4.74 Å². The summed E-state index contributed by atoms with van der Waals surface area (Å²) in [6.45, 7) is 5.30. The summed E-state index contributed by atoms with van der Waals surface area (Å²) in [6.07, 6.45) is 0.0707. The summed E-state index contributed by atoms with van der Waals surface area (Å²) in [7, 11) is 0. The van der Waals surface area contributed by atoms with Crippen LogP contribution in [-0.2, 0) is 4.74 Å². The van der Waals surface area contributed by atoms with E-state index in [0.717, 1.165) is 6.42 Å². The maximum atomic E-state index is 13.1. The van der Waals surface area contributed by atoms with Gasteiger partial charge in [0.2, 0.25) is 0 Å². The van der Waals surface area contributed by atoms with Crippen molar-refractivity contribution in [2.24, 2.45) is 0 Å². The zero-order chi connectivity index (χ0) is 12.7. The van der Waals surface area contributed by atoms with Gasteiger partial charge in [-0.2, -0.15) is 0 Å². The van der Waals surface area contributed by atoms with E-state index in [4.69, 9.17) is 9.47 Å². The molecule has 0 saturated carbocycles. The average Bonchev–Trinajstić information content (AvgIpc) is 2.28. The van der Waals surface area contributed by atoms with Crippen molar-refractivity contribution in [3.05, 3.63) is 29.6 Å². The molecule has 0 aromatic heterocycles. The molecule has 4 heteroatoms. The Morgan fingerprint density at radius 1 is 1.35 bits per heavy atom. The minimum Gasteiger partial charge on any atom is -0.493 e. The van der Waals surface area contributed by atoms with Crippen molar-refractivity contribution in [1.29, 1.82) is 0 Å². The Kier molecular flexibility index (Phi) is 5.94. The van der Waals surface area contributed by atoms with Crippen molar-refractivity contribution in [3.8, 4) is 5.75 Å². The molecule has 0 heterocycles. The van der Waals surface area contributed by atoms with Crippen LogP contribution in [0.5, 0.6) is 5.75 Å². The third-order valence-corrected chi connectivity index (χ3v) is 2.32. The molecule has 1 unspecified atom stereocenters. The van der Waals surface area contributed by atoms with Crippen LogP contribution >= 0.6 is 0 Å². The molecule has 0 spiro atoms. The predicted octanol–water partition coefficient (Wildman–Crippen LogP) is 2.68. The molecule has 0 aliphatic carbocycles. The number of benzene rings is 1. The number of aliphatic hydroxyl groups excluding tert-OH is 1. The zero-order valence-corrected chi connectivity index (χ0v) is 10.3. The number of aliphatic hydroxyl groups is 1. The molecule has 0 aliphatic rings. The molecule has 1 rings (SSSR count). The largest absolute Gasteiger partial charge is 0.493 e. The fraction of sp³-hybridized carbons (Fsp3) is 0.538. The third-order valence-electron chi connectivity index (χ3n) is 2.32. The van der Waals surface area contributed by atoms with Gasteiger partial charge in [-0.05, 0) is 26.0 Å². The summed E-state index contributed by atoms with van der Waals surface area (Å²) in [5.74, 6) is 0.0331. The monoisotopic (exact) mass is 242 g/mol. The van der Waals surface area contributed by atoms with Crippen molar-refractivity contribution in [2.75, 3.05) is 19.8 Å². The second-order valence-electron chi connectivity index (χ2n) is 3.76. The summed E-state index contributed by atoms with van der Waals surface area (Å²) >= 11 is 0. The third kappa shape index (κ3) is 4.71. The average molecular weight is 242 g/mol. The van der Waals surface area contributed by atoms with Gasteiger partial charge in [0.1, 0.15) is 11.6 Å². The molecule has 3 nitrogen and oxygen atoms in total. The lowest BCUT2D eigenvalue weighted by molar-refractivity contribution is 0.129. The summed E-state index contributed by atoms with van der Waals surface area (Å²) < 4.78 is 23.7. The van der Waals surface area contributed by atoms with Gasteiger partial charge in [0.25, 0.3) is 0 Å². The van der Waals surface area contributed by atoms with Gasteiger partial charge in [0.15, 0.2) is 0 Å². The van der Waals surface area contributed by atoms with Crippen molar-refractivity contribution in [2.45, 2.75) is 26.4 Å². The lowest BCUT2D eigenvalue weighted by Gasteiger charge is -2.13. The molecule has 17 heavy (non-hydrogen) atoms. The van der Waals surface area contributed by atoms with Crippen molar-refractivity contribution in [1.82, 2.24) is 0 Å². The molecule has 96 valence electrons. The minimum absolute atomic E-state index is 0.366. The molecule has 0 fully saturated rings. The Morgan fingerprint density at radius 3 is 2.76 bits per heavy atom. The van der Waals surface area contributed by atoms with Crippen LogP contribution in [0.2, 0.25) is 0 Å². The SMILES string of the molecule is CCOCCCOc1cc(F)ccc1C(C)O. The number of ether oxygens (including phenoxy) is 2. The first kappa shape index (κ1) is 13.9. The van der Waals surface area contributed by atoms with Gasteiger partial charge in [0, 0.05) is 31.3 Å². The summed E-state index contributed by atoms with van der Waals surface area (Å²) in [4.78, 5) is 0. The van der Waals surface area contributed by atoms with E-state index < -0.39 is 6.10 Å². The molecule has 1 aromatic rings. The van der Waals surface area contributed by atoms with Crippen molar-refractivity contribution in [3.63, 3.8) is 0 Å². The first-order valence-electron chi connectivity index (χ1n) is 5.83. The van der Waals surface area contributed by atoms with Gasteiger partial charge < -0.3 is 14.6 Å². The van der Waals surface area contributed by atoms with E-state index in [9.17, 15) is 9.50 Å². The van der Waals surface area contributed by atoms with Crippen LogP contribution in [0.3, 0.4) is 0 Å². The van der Waals surface area contributed by atoms with E-state index in [2.05, 4.69) is 0 Å². The topological polar surface area (TPSA) is 38.7 Å². The van der Waals surface area contributed by atoms with Crippen LogP contribution in [0.1, 0.15) is 31.9 Å². The van der Waals surface area contributed by atoms with E-state index in [0.29, 0.717) is 31.1 Å². The van der Waals surface area contributed by atoms with Gasteiger partial charge in [-0.15, -0.1) is 0 Å². The zero-order valence-electron chi connectivity index (χ0n) is 10.3. The standard InChI is InChI=1S/C13H19FO3/c1-3-16-7-4-8-17-13-9-11(14)5-6-12(13)10(2)15/h5-6,9-10,15H,3-4,7-8H2,1-2H3. The molecule has 0 aliphatic heterocycles. The molecule has 0 amide bonds. The first-order chi connectivity index (χ1) is 8.15. The molecule has 0 bridgehead atoms. The van der Waals surface area contributed by atoms with Gasteiger partial charge >= 0.3 is 0 Å². The predicted molar refractivity (Wildman–Crippen MR) is 63.6 cm³/mol. The van der Waals surface area contributed by atoms with Gasteiger partial charge in [0.05, 0.1) is 12.7 Å². The van der Waals surface area contributed by atoms with Crippen LogP contribution in [0.15, 0.2) is 18.2 Å². The highest BCUT2D eigenvalue weighted by atomic mass is 19.1. The quantitative estimate of drug-likeness (QED) is 0.747. The Hall–Kier alpha value is -1.13. The van der Waals surface area contributed by atoms with E-state index in [1.54, 1.807) is 6.92 Å². The first-order valence-corrected chi connectivity index (χ1v) is 5.83. The highest BCUT2D eigenvalue weighted by Crippen LogP contribution is 2.26. The summed E-state index contributed by atoms with van der Waals surface area (Å²) in [5, 5.41) is 9.51. The number of rotatable bonds is 7. The Labute approximate surface area is 101 Å². The Morgan fingerprint density at radius 2 is 2.12 bits per heavy atom. The summed E-state index contributed by atoms with van der Waals surface area (Å²) in [5.41, 5.74) is 0.600. The second-order valence-corrected chi connectivity index (χ2v) is 3.76. The van der Waals surface area contributed by atoms with Gasteiger partial charge in [-0.3, -0.25) is 0 Å². The van der Waals surface area contributed by atoms with E-state index in [-0.39, 0.29) is 5.82 Å². The fourth-order valence-corrected chi connectivity index (χ4v) is 1.47. The number of halogens is 1. The van der Waals surface area contributed by atoms with Crippen molar-refractivity contribution < 1.29 is 19.0 Å². The van der Waals surface area contributed by atoms with E-state index >= 15 is 0 Å². The summed E-state index contributed by atoms with van der Waals surface area (Å²) in [6, 6.07) is 4.15. The molecular weight excluding hydrogens is 223 g/mol. The molecular formula is C13H19FO3.